The molecule has 2 rings (SSSR count). The zero-order valence-corrected chi connectivity index (χ0v) is 13.0. The van der Waals surface area contributed by atoms with Gasteiger partial charge in [-0.1, -0.05) is 13.0 Å². The number of benzene rings is 1. The maximum atomic E-state index is 11.7. The zero-order valence-electron chi connectivity index (χ0n) is 11.3. The molecular weight excluding hydrogens is 310 g/mol. The van der Waals surface area contributed by atoms with Gasteiger partial charge in [-0.2, -0.15) is 0 Å². The summed E-state index contributed by atoms with van der Waals surface area (Å²) in [6.07, 6.45) is 1.65. The smallest absolute Gasteiger partial charge is 0.275 e. The van der Waals surface area contributed by atoms with Crippen molar-refractivity contribution >= 4 is 30.5 Å². The van der Waals surface area contributed by atoms with Crippen molar-refractivity contribution in [2.75, 3.05) is 5.75 Å². The number of aromatic nitrogens is 2. The molecule has 0 unspecified atom stereocenters. The van der Waals surface area contributed by atoms with Crippen molar-refractivity contribution in [1.82, 2.24) is 14.7 Å². The van der Waals surface area contributed by atoms with E-state index in [-0.39, 0.29) is 6.61 Å². The molecule has 1 heterocycles. The normalized spacial score (nSPS) is 10.4. The highest BCUT2D eigenvalue weighted by Gasteiger charge is 2.15. The summed E-state index contributed by atoms with van der Waals surface area (Å²) in [6.45, 7) is 2.20. The first kappa shape index (κ1) is 15.7. The summed E-state index contributed by atoms with van der Waals surface area (Å²) in [7, 11) is 0. The molecule has 0 aliphatic carbocycles. The SMILES string of the molecule is CCSc1cccc(C(=O)NO)c1COc1ccn(S)n1. The second kappa shape index (κ2) is 7.39. The van der Waals surface area contributed by atoms with Crippen molar-refractivity contribution in [1.29, 1.82) is 0 Å². The molecule has 0 saturated heterocycles. The van der Waals surface area contributed by atoms with E-state index < -0.39 is 5.91 Å². The summed E-state index contributed by atoms with van der Waals surface area (Å²) in [6, 6.07) is 7.00. The first-order chi connectivity index (χ1) is 10.2. The van der Waals surface area contributed by atoms with Crippen LogP contribution in [-0.4, -0.2) is 26.1 Å². The third-order valence-corrected chi connectivity index (χ3v) is 3.90. The number of thiol groups is 1. The van der Waals surface area contributed by atoms with Crippen LogP contribution < -0.4 is 10.2 Å². The van der Waals surface area contributed by atoms with E-state index in [2.05, 4.69) is 17.9 Å². The van der Waals surface area contributed by atoms with Gasteiger partial charge in [-0.25, -0.2) is 9.57 Å². The molecule has 0 radical (unpaired) electrons. The Hall–Kier alpha value is -1.64. The van der Waals surface area contributed by atoms with Crippen LogP contribution in [0.3, 0.4) is 0 Å². The average molecular weight is 325 g/mol. The minimum atomic E-state index is -0.563. The van der Waals surface area contributed by atoms with Gasteiger partial charge in [-0.15, -0.1) is 16.9 Å². The number of hydrogen-bond acceptors (Lipinski definition) is 6. The number of rotatable bonds is 6. The molecule has 6 nitrogen and oxygen atoms in total. The highest BCUT2D eigenvalue weighted by atomic mass is 32.2. The number of nitrogens with zero attached hydrogens (tertiary/aromatic N) is 2. The van der Waals surface area contributed by atoms with Gasteiger partial charge in [-0.05, 0) is 30.7 Å². The third kappa shape index (κ3) is 3.93. The van der Waals surface area contributed by atoms with Crippen molar-refractivity contribution in [3.05, 3.63) is 41.6 Å². The fourth-order valence-electron chi connectivity index (χ4n) is 1.80. The molecule has 1 amide bonds. The van der Waals surface area contributed by atoms with Crippen LogP contribution in [0.15, 0.2) is 35.4 Å². The third-order valence-electron chi connectivity index (χ3n) is 2.69. The van der Waals surface area contributed by atoms with E-state index in [4.69, 9.17) is 9.94 Å². The Morgan fingerprint density at radius 2 is 2.33 bits per heavy atom. The molecule has 2 aromatic rings. The minimum Gasteiger partial charge on any atom is -0.472 e. The Labute approximate surface area is 132 Å². The van der Waals surface area contributed by atoms with Crippen LogP contribution >= 0.6 is 24.6 Å². The fraction of sp³-hybridized carbons (Fsp3) is 0.231. The van der Waals surface area contributed by atoms with Crippen molar-refractivity contribution in [3.8, 4) is 5.88 Å². The van der Waals surface area contributed by atoms with Crippen LogP contribution in [0.1, 0.15) is 22.8 Å². The Bertz CT molecular complexity index is 631. The molecule has 0 aliphatic rings. The first-order valence-corrected chi connectivity index (χ1v) is 7.61. The lowest BCUT2D eigenvalue weighted by atomic mass is 10.1. The topological polar surface area (TPSA) is 76.4 Å². The lowest BCUT2D eigenvalue weighted by Gasteiger charge is -2.13. The first-order valence-electron chi connectivity index (χ1n) is 6.22. The Morgan fingerprint density at radius 1 is 1.52 bits per heavy atom. The largest absolute Gasteiger partial charge is 0.472 e. The van der Waals surface area contributed by atoms with Crippen molar-refractivity contribution in [2.24, 2.45) is 0 Å². The lowest BCUT2D eigenvalue weighted by Crippen LogP contribution is -2.21. The van der Waals surface area contributed by atoms with Crippen molar-refractivity contribution in [3.63, 3.8) is 0 Å². The second-order valence-electron chi connectivity index (χ2n) is 4.02. The second-order valence-corrected chi connectivity index (χ2v) is 5.73. The number of ether oxygens (including phenoxy) is 1. The zero-order chi connectivity index (χ0) is 15.2. The molecule has 1 aromatic carbocycles. The summed E-state index contributed by atoms with van der Waals surface area (Å²) in [5.74, 6) is 0.714. The van der Waals surface area contributed by atoms with Crippen LogP contribution in [-0.2, 0) is 6.61 Å². The molecular formula is C13H15N3O3S2. The van der Waals surface area contributed by atoms with Gasteiger partial charge in [0.2, 0.25) is 5.88 Å². The van der Waals surface area contributed by atoms with Gasteiger partial charge in [0.25, 0.3) is 5.91 Å². The molecule has 0 saturated carbocycles. The quantitative estimate of drug-likeness (QED) is 0.329. The summed E-state index contributed by atoms with van der Waals surface area (Å²) in [4.78, 5) is 12.7. The lowest BCUT2D eigenvalue weighted by molar-refractivity contribution is 0.0703. The number of thioether (sulfide) groups is 1. The number of amides is 1. The summed E-state index contributed by atoms with van der Waals surface area (Å²) in [5, 5.41) is 12.8. The Morgan fingerprint density at radius 3 is 2.95 bits per heavy atom. The number of nitrogens with one attached hydrogen (secondary N) is 1. The van der Waals surface area contributed by atoms with Gasteiger partial charge in [0, 0.05) is 28.3 Å². The van der Waals surface area contributed by atoms with Crippen LogP contribution in [0.5, 0.6) is 5.88 Å². The number of hydroxylamine groups is 1. The van der Waals surface area contributed by atoms with Crippen LogP contribution in [0.2, 0.25) is 0 Å². The monoisotopic (exact) mass is 325 g/mol. The van der Waals surface area contributed by atoms with Crippen molar-refractivity contribution in [2.45, 2.75) is 18.4 Å². The highest BCUT2D eigenvalue weighted by molar-refractivity contribution is 7.99. The van der Waals surface area contributed by atoms with Gasteiger partial charge in [0.05, 0.1) is 0 Å². The van der Waals surface area contributed by atoms with E-state index in [1.165, 1.54) is 4.09 Å². The number of carbonyl (C=O) groups excluding carboxylic acids is 1. The highest BCUT2D eigenvalue weighted by Crippen LogP contribution is 2.26. The molecule has 21 heavy (non-hydrogen) atoms. The van der Waals surface area contributed by atoms with E-state index in [1.807, 2.05) is 13.0 Å². The van der Waals surface area contributed by atoms with E-state index in [1.54, 1.807) is 41.6 Å². The maximum absolute atomic E-state index is 11.7. The molecule has 0 fully saturated rings. The maximum Gasteiger partial charge on any atom is 0.275 e. The number of carbonyl (C=O) groups is 1. The predicted molar refractivity (Wildman–Crippen MR) is 83.0 cm³/mol. The van der Waals surface area contributed by atoms with Gasteiger partial charge >= 0.3 is 0 Å². The molecule has 0 bridgehead atoms. The minimum absolute atomic E-state index is 0.177. The predicted octanol–water partition coefficient (Wildman–Crippen LogP) is 2.39. The Kier molecular flexibility index (Phi) is 5.54. The number of hydrogen-bond donors (Lipinski definition) is 3. The van der Waals surface area contributed by atoms with Crippen molar-refractivity contribution < 1.29 is 14.7 Å². The average Bonchev–Trinajstić information content (AvgIpc) is 2.91. The molecule has 2 N–H and O–H groups in total. The van der Waals surface area contributed by atoms with Crippen LogP contribution in [0, 0.1) is 0 Å². The molecule has 1 aromatic heterocycles. The van der Waals surface area contributed by atoms with E-state index in [0.717, 1.165) is 10.6 Å². The van der Waals surface area contributed by atoms with Gasteiger partial charge in [0.1, 0.15) is 6.61 Å². The van der Waals surface area contributed by atoms with Gasteiger partial charge in [0.15, 0.2) is 0 Å². The van der Waals surface area contributed by atoms with Crippen LogP contribution in [0.4, 0.5) is 0 Å². The molecule has 0 aliphatic heterocycles. The summed E-state index contributed by atoms with van der Waals surface area (Å²) < 4.78 is 6.92. The van der Waals surface area contributed by atoms with Gasteiger partial charge < -0.3 is 4.74 Å². The fourth-order valence-corrected chi connectivity index (χ4v) is 2.78. The summed E-state index contributed by atoms with van der Waals surface area (Å²) in [5.41, 5.74) is 2.75. The molecule has 0 spiro atoms. The van der Waals surface area contributed by atoms with Gasteiger partial charge in [-0.3, -0.25) is 10.0 Å². The van der Waals surface area contributed by atoms with E-state index in [9.17, 15) is 4.79 Å². The standard InChI is InChI=1S/C13H15N3O3S2/c1-2-21-11-5-3-4-9(13(17)15-18)10(11)8-19-12-6-7-16(20)14-12/h3-7,18,20H,2,8H2,1H3,(H,15,17). The van der Waals surface area contributed by atoms with Crippen LogP contribution in [0.25, 0.3) is 0 Å². The molecule has 8 heteroatoms. The summed E-state index contributed by atoms with van der Waals surface area (Å²) >= 11 is 5.63. The Balaban J connectivity index is 2.27. The van der Waals surface area contributed by atoms with E-state index >= 15 is 0 Å². The molecule has 0 atom stereocenters. The van der Waals surface area contributed by atoms with E-state index in [0.29, 0.717) is 17.0 Å². The molecule has 112 valence electrons.